The van der Waals surface area contributed by atoms with Gasteiger partial charge in [0.25, 0.3) is 0 Å². The number of rotatable bonds is 6. The number of pyridine rings is 1. The van der Waals surface area contributed by atoms with Gasteiger partial charge in [-0.25, -0.2) is 8.42 Å². The Kier molecular flexibility index (Phi) is 6.26. The van der Waals surface area contributed by atoms with E-state index in [1.807, 2.05) is 12.1 Å². The number of carbonyl (C=O) groups excluding carboxylic acids is 2. The third kappa shape index (κ3) is 4.27. The van der Waals surface area contributed by atoms with Crippen molar-refractivity contribution in [3.8, 4) is 0 Å². The first-order chi connectivity index (χ1) is 16.4. The van der Waals surface area contributed by atoms with Gasteiger partial charge >= 0.3 is 0 Å². The van der Waals surface area contributed by atoms with Crippen LogP contribution in [-0.4, -0.2) is 61.7 Å². The number of benzene rings is 1. The van der Waals surface area contributed by atoms with Gasteiger partial charge in [-0.1, -0.05) is 6.07 Å². The predicted molar refractivity (Wildman–Crippen MR) is 128 cm³/mol. The van der Waals surface area contributed by atoms with Crippen LogP contribution in [0, 0.1) is 0 Å². The number of anilines is 2. The fourth-order valence-corrected chi connectivity index (χ4v) is 6.57. The number of piperidine rings is 1. The highest BCUT2D eigenvalue weighted by Crippen LogP contribution is 2.41. The van der Waals surface area contributed by atoms with E-state index >= 15 is 0 Å². The van der Waals surface area contributed by atoms with E-state index in [4.69, 9.17) is 0 Å². The summed E-state index contributed by atoms with van der Waals surface area (Å²) in [6.07, 6.45) is 6.00. The van der Waals surface area contributed by atoms with E-state index in [2.05, 4.69) is 15.2 Å². The molecule has 4 heterocycles. The van der Waals surface area contributed by atoms with Crippen LogP contribution in [-0.2, 0) is 26.2 Å². The minimum absolute atomic E-state index is 0.157. The molecule has 0 radical (unpaired) electrons. The van der Waals surface area contributed by atoms with Crippen molar-refractivity contribution in [3.63, 3.8) is 0 Å². The van der Waals surface area contributed by atoms with Crippen LogP contribution in [0.15, 0.2) is 47.5 Å². The van der Waals surface area contributed by atoms with Crippen molar-refractivity contribution in [3.05, 3.63) is 48.3 Å². The Hall–Kier alpha value is -2.98. The van der Waals surface area contributed by atoms with Gasteiger partial charge in [0.05, 0.1) is 28.5 Å². The first kappa shape index (κ1) is 22.8. The number of amides is 2. The lowest BCUT2D eigenvalue weighted by atomic mass is 9.96. The molecular formula is C24H29N5O4S. The van der Waals surface area contributed by atoms with Crippen molar-refractivity contribution in [2.75, 3.05) is 36.0 Å². The first-order valence-electron chi connectivity index (χ1n) is 11.8. The van der Waals surface area contributed by atoms with Gasteiger partial charge in [-0.3, -0.25) is 19.5 Å². The molecule has 3 aliphatic rings. The Labute approximate surface area is 199 Å². The Balaban J connectivity index is 1.45. The average molecular weight is 484 g/mol. The van der Waals surface area contributed by atoms with Crippen molar-refractivity contribution in [1.29, 1.82) is 0 Å². The minimum atomic E-state index is -3.65. The molecule has 2 aromatic rings. The number of hydrogen-bond acceptors (Lipinski definition) is 6. The van der Waals surface area contributed by atoms with Crippen molar-refractivity contribution in [1.82, 2.24) is 14.6 Å². The molecule has 2 fully saturated rings. The minimum Gasteiger partial charge on any atom is -0.358 e. The van der Waals surface area contributed by atoms with E-state index in [1.54, 1.807) is 30.5 Å². The fourth-order valence-electron chi connectivity index (χ4n) is 5.03. The summed E-state index contributed by atoms with van der Waals surface area (Å²) in [6.45, 7) is 1.84. The van der Waals surface area contributed by atoms with Crippen LogP contribution in [0.4, 0.5) is 11.4 Å². The lowest BCUT2D eigenvalue weighted by Gasteiger charge is -2.45. The standard InChI is InChI=1S/C24H29N5O4S/c30-23(26-16-18-7-1-3-11-25-18)17-29-22-15-19(34(32,33)27-12-5-6-13-27)9-10-20(22)28-14-4-2-8-21(28)24(29)31/h1,3,7,9-11,15,21H,2,4-6,8,12-14,16-17H2,(H,26,30). The van der Waals surface area contributed by atoms with Crippen LogP contribution in [0.25, 0.3) is 0 Å². The maximum absolute atomic E-state index is 13.5. The molecule has 0 saturated carbocycles. The van der Waals surface area contributed by atoms with Crippen LogP contribution in [0.3, 0.4) is 0 Å². The summed E-state index contributed by atoms with van der Waals surface area (Å²) in [7, 11) is -3.65. The topological polar surface area (TPSA) is 103 Å². The molecule has 1 aromatic heterocycles. The summed E-state index contributed by atoms with van der Waals surface area (Å²) in [4.78, 5) is 34.2. The van der Waals surface area contributed by atoms with Crippen LogP contribution in [0.5, 0.6) is 0 Å². The third-order valence-electron chi connectivity index (χ3n) is 6.80. The molecule has 180 valence electrons. The summed E-state index contributed by atoms with van der Waals surface area (Å²) in [5, 5.41) is 2.82. The van der Waals surface area contributed by atoms with Crippen LogP contribution >= 0.6 is 0 Å². The van der Waals surface area contributed by atoms with E-state index < -0.39 is 10.0 Å². The largest absolute Gasteiger partial charge is 0.358 e. The number of hydrogen-bond donors (Lipinski definition) is 1. The fraction of sp³-hybridized carbons (Fsp3) is 0.458. The van der Waals surface area contributed by atoms with Crippen LogP contribution in [0.2, 0.25) is 0 Å². The highest BCUT2D eigenvalue weighted by molar-refractivity contribution is 7.89. The summed E-state index contributed by atoms with van der Waals surface area (Å²) >= 11 is 0. The number of nitrogens with zero attached hydrogens (tertiary/aromatic N) is 4. The number of nitrogens with one attached hydrogen (secondary N) is 1. The second kappa shape index (κ2) is 9.34. The summed E-state index contributed by atoms with van der Waals surface area (Å²) in [5.41, 5.74) is 2.01. The zero-order valence-corrected chi connectivity index (χ0v) is 19.8. The number of sulfonamides is 1. The molecule has 9 nitrogen and oxygen atoms in total. The van der Waals surface area contributed by atoms with Gasteiger partial charge in [-0.15, -0.1) is 0 Å². The third-order valence-corrected chi connectivity index (χ3v) is 8.69. The molecule has 0 spiro atoms. The highest BCUT2D eigenvalue weighted by Gasteiger charge is 2.41. The molecule has 2 amide bonds. The van der Waals surface area contributed by atoms with E-state index in [1.165, 1.54) is 9.21 Å². The Morgan fingerprint density at radius 2 is 1.82 bits per heavy atom. The summed E-state index contributed by atoms with van der Waals surface area (Å²) < 4.78 is 27.9. The lowest BCUT2D eigenvalue weighted by molar-refractivity contribution is -0.125. The average Bonchev–Trinajstić information content (AvgIpc) is 3.42. The van der Waals surface area contributed by atoms with Gasteiger partial charge in [0, 0.05) is 25.8 Å². The van der Waals surface area contributed by atoms with E-state index in [0.717, 1.165) is 50.0 Å². The highest BCUT2D eigenvalue weighted by atomic mass is 32.2. The molecule has 0 bridgehead atoms. The molecule has 1 aromatic carbocycles. The van der Waals surface area contributed by atoms with Crippen molar-refractivity contribution in [2.45, 2.75) is 49.6 Å². The molecular weight excluding hydrogens is 454 g/mol. The van der Waals surface area contributed by atoms with E-state index in [-0.39, 0.29) is 35.8 Å². The number of aromatic nitrogens is 1. The molecule has 10 heteroatoms. The molecule has 5 rings (SSSR count). The zero-order valence-electron chi connectivity index (χ0n) is 19.0. The molecule has 3 aliphatic heterocycles. The maximum Gasteiger partial charge on any atom is 0.250 e. The predicted octanol–water partition coefficient (Wildman–Crippen LogP) is 1.89. The Morgan fingerprint density at radius 1 is 1.03 bits per heavy atom. The molecule has 34 heavy (non-hydrogen) atoms. The Morgan fingerprint density at radius 3 is 2.59 bits per heavy atom. The van der Waals surface area contributed by atoms with Gasteiger partial charge in [0.1, 0.15) is 12.6 Å². The summed E-state index contributed by atoms with van der Waals surface area (Å²) in [6, 6.07) is 10.1. The molecule has 1 N–H and O–H groups in total. The van der Waals surface area contributed by atoms with Gasteiger partial charge in [0.2, 0.25) is 21.8 Å². The monoisotopic (exact) mass is 483 g/mol. The summed E-state index contributed by atoms with van der Waals surface area (Å²) in [5.74, 6) is -0.474. The van der Waals surface area contributed by atoms with Gasteiger partial charge < -0.3 is 10.2 Å². The number of fused-ring (bicyclic) bond motifs is 3. The van der Waals surface area contributed by atoms with Gasteiger partial charge in [-0.05, 0) is 62.4 Å². The molecule has 1 unspecified atom stereocenters. The van der Waals surface area contributed by atoms with Crippen molar-refractivity contribution >= 4 is 33.2 Å². The molecule has 0 aliphatic carbocycles. The number of carbonyl (C=O) groups is 2. The quantitative estimate of drug-likeness (QED) is 0.673. The molecule has 1 atom stereocenters. The SMILES string of the molecule is O=C(CN1C(=O)C2CCCCN2c2ccc(S(=O)(=O)N3CCCC3)cc21)NCc1ccccn1. The van der Waals surface area contributed by atoms with E-state index in [0.29, 0.717) is 18.8 Å². The second-order valence-corrected chi connectivity index (χ2v) is 10.9. The lowest BCUT2D eigenvalue weighted by Crippen LogP contribution is -2.57. The normalized spacial score (nSPS) is 20.7. The smallest absolute Gasteiger partial charge is 0.250 e. The first-order valence-corrected chi connectivity index (χ1v) is 13.3. The van der Waals surface area contributed by atoms with Crippen molar-refractivity contribution < 1.29 is 18.0 Å². The maximum atomic E-state index is 13.5. The Bertz CT molecular complexity index is 1180. The molecule has 2 saturated heterocycles. The second-order valence-electron chi connectivity index (χ2n) is 8.99. The van der Waals surface area contributed by atoms with Crippen LogP contribution < -0.4 is 15.1 Å². The van der Waals surface area contributed by atoms with Gasteiger partial charge in [-0.2, -0.15) is 4.31 Å². The van der Waals surface area contributed by atoms with Gasteiger partial charge in [0.15, 0.2) is 0 Å². The van der Waals surface area contributed by atoms with Crippen molar-refractivity contribution in [2.24, 2.45) is 0 Å². The van der Waals surface area contributed by atoms with E-state index in [9.17, 15) is 18.0 Å². The van der Waals surface area contributed by atoms with Crippen LogP contribution in [0.1, 0.15) is 37.8 Å². The zero-order chi connectivity index (χ0) is 23.7.